The van der Waals surface area contributed by atoms with E-state index in [1.165, 1.54) is 14.2 Å². The Labute approximate surface area is 172 Å². The zero-order valence-electron chi connectivity index (χ0n) is 18.4. The number of Topliss-reactive ketones (excluding diaryl/α,β-unsaturated/α-hetero) is 1. The summed E-state index contributed by atoms with van der Waals surface area (Å²) in [6, 6.07) is 4.92. The second-order valence-corrected chi connectivity index (χ2v) is 8.88. The first-order chi connectivity index (χ1) is 13.4. The number of nitrogens with zero attached hydrogens (tertiary/aromatic N) is 1. The molecule has 1 aromatic rings. The van der Waals surface area contributed by atoms with Gasteiger partial charge in [-0.1, -0.05) is 52.8 Å². The van der Waals surface area contributed by atoms with Crippen LogP contribution in [-0.2, 0) is 9.63 Å². The number of carbonyl (C=O) groups is 2. The third-order valence-electron chi connectivity index (χ3n) is 4.55. The van der Waals surface area contributed by atoms with E-state index in [1.807, 2.05) is 41.5 Å². The molecule has 156 valence electrons. The average molecular weight is 399 g/mol. The molecular weight excluding hydrogens is 370 g/mol. The predicted octanol–water partition coefficient (Wildman–Crippen LogP) is 4.74. The Morgan fingerprint density at radius 1 is 0.897 bits per heavy atom. The van der Waals surface area contributed by atoms with E-state index in [-0.39, 0.29) is 27.9 Å². The molecule has 6 nitrogen and oxygen atoms in total. The van der Waals surface area contributed by atoms with Crippen LogP contribution in [0.5, 0.6) is 11.5 Å². The van der Waals surface area contributed by atoms with E-state index in [0.717, 1.165) is 0 Å². The molecule has 0 N–H and O–H groups in total. The minimum atomic E-state index is -0.679. The number of ketones is 1. The molecule has 1 aliphatic carbocycles. The van der Waals surface area contributed by atoms with Crippen LogP contribution in [0.4, 0.5) is 0 Å². The van der Waals surface area contributed by atoms with Gasteiger partial charge in [0.2, 0.25) is 0 Å². The van der Waals surface area contributed by atoms with Gasteiger partial charge >= 0.3 is 5.97 Å². The van der Waals surface area contributed by atoms with Gasteiger partial charge in [0.25, 0.3) is 0 Å². The Morgan fingerprint density at radius 2 is 1.45 bits per heavy atom. The second-order valence-electron chi connectivity index (χ2n) is 8.88. The van der Waals surface area contributed by atoms with Crippen molar-refractivity contribution in [1.82, 2.24) is 0 Å². The first-order valence-corrected chi connectivity index (χ1v) is 9.39. The van der Waals surface area contributed by atoms with Crippen LogP contribution in [-0.4, -0.2) is 31.7 Å². The van der Waals surface area contributed by atoms with Crippen molar-refractivity contribution in [3.63, 3.8) is 0 Å². The maximum Gasteiger partial charge on any atom is 0.369 e. The van der Waals surface area contributed by atoms with Crippen LogP contribution in [0.25, 0.3) is 0 Å². The summed E-state index contributed by atoms with van der Waals surface area (Å²) in [7, 11) is 2.94. The van der Waals surface area contributed by atoms with Gasteiger partial charge in [-0.05, 0) is 35.1 Å². The average Bonchev–Trinajstić information content (AvgIpc) is 2.64. The molecule has 0 fully saturated rings. The molecule has 1 aliphatic rings. The quantitative estimate of drug-likeness (QED) is 0.415. The molecule has 29 heavy (non-hydrogen) atoms. The number of ether oxygens (including phenoxy) is 2. The lowest BCUT2D eigenvalue weighted by Gasteiger charge is -2.30. The largest absolute Gasteiger partial charge is 0.493 e. The topological polar surface area (TPSA) is 74.2 Å². The van der Waals surface area contributed by atoms with Gasteiger partial charge in [-0.3, -0.25) is 4.79 Å². The SMILES string of the molecule is COc1cccc(C(=O)ON=C2C=C(C(C)(C)C)C(=O)C(C(C)(C)C)=C2)c1OC. The van der Waals surface area contributed by atoms with Crippen molar-refractivity contribution in [3.8, 4) is 11.5 Å². The molecule has 0 bridgehead atoms. The summed E-state index contributed by atoms with van der Waals surface area (Å²) in [6.45, 7) is 11.8. The van der Waals surface area contributed by atoms with E-state index in [4.69, 9.17) is 14.3 Å². The number of para-hydroxylation sites is 1. The fourth-order valence-electron chi connectivity index (χ4n) is 2.97. The molecule has 0 aromatic heterocycles. The fourth-order valence-corrected chi connectivity index (χ4v) is 2.97. The smallest absolute Gasteiger partial charge is 0.369 e. The molecule has 0 unspecified atom stereocenters. The molecule has 0 saturated carbocycles. The molecule has 6 heteroatoms. The monoisotopic (exact) mass is 399 g/mol. The van der Waals surface area contributed by atoms with Crippen LogP contribution in [0.15, 0.2) is 46.7 Å². The number of allylic oxidation sites excluding steroid dienone is 4. The highest BCUT2D eigenvalue weighted by atomic mass is 16.7. The van der Waals surface area contributed by atoms with Crippen molar-refractivity contribution in [2.45, 2.75) is 41.5 Å². The molecule has 0 saturated heterocycles. The first-order valence-electron chi connectivity index (χ1n) is 9.39. The second kappa shape index (κ2) is 8.23. The Bertz CT molecular complexity index is 872. The van der Waals surface area contributed by atoms with Gasteiger partial charge in [-0.25, -0.2) is 4.79 Å². The van der Waals surface area contributed by atoms with Gasteiger partial charge in [-0.2, -0.15) is 0 Å². The van der Waals surface area contributed by atoms with Crippen molar-refractivity contribution in [1.29, 1.82) is 0 Å². The molecule has 0 heterocycles. The van der Waals surface area contributed by atoms with Crippen LogP contribution in [0.1, 0.15) is 51.9 Å². The van der Waals surface area contributed by atoms with Crippen molar-refractivity contribution in [2.75, 3.05) is 14.2 Å². The standard InChI is InChI=1S/C23H29NO5/c1-22(2,3)16-12-14(13-17(19(16)25)23(4,5)6)24-29-21(26)15-10-9-11-18(27-7)20(15)28-8/h9-13H,1-8H3. The van der Waals surface area contributed by atoms with E-state index in [0.29, 0.717) is 22.6 Å². The zero-order valence-corrected chi connectivity index (χ0v) is 18.4. The van der Waals surface area contributed by atoms with Crippen molar-refractivity contribution < 1.29 is 23.9 Å². The lowest BCUT2D eigenvalue weighted by Crippen LogP contribution is -2.29. The molecule has 0 amide bonds. The van der Waals surface area contributed by atoms with Crippen molar-refractivity contribution in [2.24, 2.45) is 16.0 Å². The lowest BCUT2D eigenvalue weighted by atomic mass is 9.72. The van der Waals surface area contributed by atoms with E-state index in [9.17, 15) is 9.59 Å². The third-order valence-corrected chi connectivity index (χ3v) is 4.55. The molecule has 0 spiro atoms. The number of oxime groups is 1. The van der Waals surface area contributed by atoms with E-state index >= 15 is 0 Å². The molecular formula is C23H29NO5. The Balaban J connectivity index is 2.42. The number of rotatable bonds is 4. The summed E-state index contributed by atoms with van der Waals surface area (Å²) in [6.07, 6.45) is 3.35. The zero-order chi connectivity index (χ0) is 22.0. The molecule has 0 radical (unpaired) electrons. The Morgan fingerprint density at radius 3 is 1.90 bits per heavy atom. The minimum Gasteiger partial charge on any atom is -0.493 e. The predicted molar refractivity (Wildman–Crippen MR) is 112 cm³/mol. The first kappa shape index (κ1) is 22.4. The summed E-state index contributed by atoms with van der Waals surface area (Å²) < 4.78 is 10.5. The summed E-state index contributed by atoms with van der Waals surface area (Å²) in [5.74, 6) is 0.00451. The summed E-state index contributed by atoms with van der Waals surface area (Å²) in [5.41, 5.74) is 1.11. The number of hydrogen-bond acceptors (Lipinski definition) is 6. The van der Waals surface area contributed by atoms with Crippen LogP contribution < -0.4 is 9.47 Å². The van der Waals surface area contributed by atoms with Gasteiger partial charge in [0, 0.05) is 11.1 Å². The van der Waals surface area contributed by atoms with E-state index < -0.39 is 5.97 Å². The molecule has 0 aliphatic heterocycles. The summed E-state index contributed by atoms with van der Waals surface area (Å²) in [5, 5.41) is 4.02. The van der Waals surface area contributed by atoms with Gasteiger partial charge in [0.1, 0.15) is 11.3 Å². The Hall–Kier alpha value is -2.89. The van der Waals surface area contributed by atoms with Crippen LogP contribution >= 0.6 is 0 Å². The molecule has 0 atom stereocenters. The van der Waals surface area contributed by atoms with Gasteiger partial charge in [0.05, 0.1) is 14.2 Å². The normalized spacial score (nSPS) is 14.8. The molecule has 2 rings (SSSR count). The van der Waals surface area contributed by atoms with Gasteiger partial charge in [-0.15, -0.1) is 0 Å². The van der Waals surface area contributed by atoms with Crippen LogP contribution in [0, 0.1) is 10.8 Å². The lowest BCUT2D eigenvalue weighted by molar-refractivity contribution is -0.114. The summed E-state index contributed by atoms with van der Waals surface area (Å²) in [4.78, 5) is 30.7. The number of carbonyl (C=O) groups excluding carboxylic acids is 2. The van der Waals surface area contributed by atoms with Crippen molar-refractivity contribution in [3.05, 3.63) is 47.1 Å². The van der Waals surface area contributed by atoms with Gasteiger partial charge < -0.3 is 14.3 Å². The summed E-state index contributed by atoms with van der Waals surface area (Å²) >= 11 is 0. The third kappa shape index (κ3) is 4.94. The minimum absolute atomic E-state index is 0.00950. The van der Waals surface area contributed by atoms with E-state index in [1.54, 1.807) is 30.4 Å². The molecule has 1 aromatic carbocycles. The van der Waals surface area contributed by atoms with Crippen LogP contribution in [0.2, 0.25) is 0 Å². The van der Waals surface area contributed by atoms with Crippen LogP contribution in [0.3, 0.4) is 0 Å². The maximum absolute atomic E-state index is 12.9. The fraction of sp³-hybridized carbons (Fsp3) is 0.435. The maximum atomic E-state index is 12.9. The number of methoxy groups -OCH3 is 2. The van der Waals surface area contributed by atoms with Gasteiger partial charge in [0.15, 0.2) is 17.3 Å². The number of benzene rings is 1. The number of hydrogen-bond donors (Lipinski definition) is 0. The highest BCUT2D eigenvalue weighted by molar-refractivity contribution is 6.22. The highest BCUT2D eigenvalue weighted by Crippen LogP contribution is 2.37. The Kier molecular flexibility index (Phi) is 6.36. The van der Waals surface area contributed by atoms with E-state index in [2.05, 4.69) is 5.16 Å². The van der Waals surface area contributed by atoms with Crippen molar-refractivity contribution >= 4 is 17.5 Å². The highest BCUT2D eigenvalue weighted by Gasteiger charge is 2.34.